The molecule has 3 aliphatic heterocycles. The molecular weight excluding hydrogens is 452 g/mol. The number of hydrogen-bond acceptors (Lipinski definition) is 5. The van der Waals surface area contributed by atoms with Gasteiger partial charge in [-0.1, -0.05) is 43.7 Å². The summed E-state index contributed by atoms with van der Waals surface area (Å²) in [7, 11) is 0. The van der Waals surface area contributed by atoms with Gasteiger partial charge in [-0.05, 0) is 87.6 Å². The highest BCUT2D eigenvalue weighted by atomic mass is 16.7. The molecule has 1 spiro atoms. The number of phenolic OH excluding ortho intramolecular Hbond substituents is 1. The summed E-state index contributed by atoms with van der Waals surface area (Å²) in [4.78, 5) is 13.6. The van der Waals surface area contributed by atoms with E-state index in [-0.39, 0.29) is 30.0 Å². The van der Waals surface area contributed by atoms with Crippen LogP contribution in [0, 0.1) is 18.8 Å². The molecule has 1 N–H and O–H groups in total. The maximum atomic E-state index is 13.6. The molecule has 0 aliphatic carbocycles. The molecule has 2 bridgehead atoms. The lowest BCUT2D eigenvalue weighted by atomic mass is 9.86. The van der Waals surface area contributed by atoms with Gasteiger partial charge in [-0.3, -0.25) is 0 Å². The summed E-state index contributed by atoms with van der Waals surface area (Å²) in [6, 6.07) is 3.41. The summed E-state index contributed by atoms with van der Waals surface area (Å²) in [6.07, 6.45) is 13.0. The van der Waals surface area contributed by atoms with Gasteiger partial charge in [0.1, 0.15) is 11.9 Å². The highest BCUT2D eigenvalue weighted by Crippen LogP contribution is 2.43. The third kappa shape index (κ3) is 6.12. The first-order valence-electron chi connectivity index (χ1n) is 13.5. The number of phenols is 1. The van der Waals surface area contributed by atoms with Crippen molar-refractivity contribution in [3.05, 3.63) is 58.7 Å². The zero-order valence-electron chi connectivity index (χ0n) is 22.7. The van der Waals surface area contributed by atoms with Gasteiger partial charge in [-0.2, -0.15) is 0 Å². The quantitative estimate of drug-likeness (QED) is 0.303. The number of aryl methyl sites for hydroxylation is 1. The van der Waals surface area contributed by atoms with Crippen molar-refractivity contribution < 1.29 is 24.1 Å². The van der Waals surface area contributed by atoms with E-state index < -0.39 is 5.79 Å². The fraction of sp³-hybridized carbons (Fsp3) is 0.581. The van der Waals surface area contributed by atoms with Gasteiger partial charge in [0, 0.05) is 19.3 Å². The zero-order valence-corrected chi connectivity index (χ0v) is 22.7. The summed E-state index contributed by atoms with van der Waals surface area (Å²) < 4.78 is 19.3. The second kappa shape index (κ2) is 10.9. The molecule has 6 unspecified atom stereocenters. The molecular formula is C31H42O5. The topological polar surface area (TPSA) is 65.0 Å². The summed E-state index contributed by atoms with van der Waals surface area (Å²) >= 11 is 0. The van der Waals surface area contributed by atoms with Crippen LogP contribution in [0.25, 0.3) is 5.57 Å². The van der Waals surface area contributed by atoms with Crippen LogP contribution < -0.4 is 0 Å². The average molecular weight is 495 g/mol. The number of carbonyl (C=O) groups is 1. The number of carbonyl (C=O) groups excluding carboxylic acids is 1. The van der Waals surface area contributed by atoms with Gasteiger partial charge in [0.05, 0.1) is 17.8 Å². The smallest absolute Gasteiger partial charge is 0.339 e. The normalized spacial score (nSPS) is 37.7. The van der Waals surface area contributed by atoms with Crippen molar-refractivity contribution in [3.63, 3.8) is 0 Å². The fourth-order valence-corrected chi connectivity index (χ4v) is 5.67. The Morgan fingerprint density at radius 3 is 2.56 bits per heavy atom. The Morgan fingerprint density at radius 1 is 1.03 bits per heavy atom. The van der Waals surface area contributed by atoms with Crippen LogP contribution >= 0.6 is 0 Å². The molecule has 4 rings (SSSR count). The largest absolute Gasteiger partial charge is 0.508 e. The monoisotopic (exact) mass is 494 g/mol. The van der Waals surface area contributed by atoms with Crippen molar-refractivity contribution in [1.82, 2.24) is 0 Å². The minimum Gasteiger partial charge on any atom is -0.508 e. The molecule has 0 radical (unpaired) electrons. The predicted octanol–water partition coefficient (Wildman–Crippen LogP) is 7.27. The number of rotatable bonds is 0. The second-order valence-electron chi connectivity index (χ2n) is 11.3. The van der Waals surface area contributed by atoms with Crippen LogP contribution in [0.3, 0.4) is 0 Å². The molecule has 2 saturated heterocycles. The highest BCUT2D eigenvalue weighted by Gasteiger charge is 2.47. The van der Waals surface area contributed by atoms with Crippen LogP contribution in [0.2, 0.25) is 0 Å². The molecule has 0 amide bonds. The highest BCUT2D eigenvalue weighted by molar-refractivity contribution is 5.96. The molecule has 0 saturated carbocycles. The van der Waals surface area contributed by atoms with Crippen molar-refractivity contribution in [2.75, 3.05) is 0 Å². The molecule has 36 heavy (non-hydrogen) atoms. The van der Waals surface area contributed by atoms with Crippen LogP contribution in [0.4, 0.5) is 0 Å². The van der Waals surface area contributed by atoms with E-state index in [0.717, 1.165) is 31.3 Å². The summed E-state index contributed by atoms with van der Waals surface area (Å²) in [5, 5.41) is 10.4. The molecule has 5 heteroatoms. The van der Waals surface area contributed by atoms with E-state index in [0.29, 0.717) is 41.4 Å². The Labute approximate surface area is 216 Å². The molecule has 5 nitrogen and oxygen atoms in total. The number of esters is 1. The van der Waals surface area contributed by atoms with E-state index in [9.17, 15) is 9.90 Å². The first-order valence-corrected chi connectivity index (χ1v) is 13.5. The van der Waals surface area contributed by atoms with Gasteiger partial charge in [0.15, 0.2) is 5.79 Å². The van der Waals surface area contributed by atoms with Crippen molar-refractivity contribution in [2.24, 2.45) is 11.8 Å². The lowest BCUT2D eigenvalue weighted by Gasteiger charge is -2.49. The van der Waals surface area contributed by atoms with E-state index in [2.05, 4.69) is 39.8 Å². The maximum Gasteiger partial charge on any atom is 0.339 e. The van der Waals surface area contributed by atoms with E-state index >= 15 is 0 Å². The number of ether oxygens (including phenoxy) is 3. The summed E-state index contributed by atoms with van der Waals surface area (Å²) in [6.45, 7) is 12.5. The van der Waals surface area contributed by atoms with Crippen LogP contribution in [0.1, 0.15) is 94.6 Å². The average Bonchev–Trinajstić information content (AvgIpc) is 2.81. The molecule has 3 heterocycles. The first kappa shape index (κ1) is 26.7. The number of aromatic hydroxyl groups is 1. The number of hydrogen-bond donors (Lipinski definition) is 1. The van der Waals surface area contributed by atoms with Gasteiger partial charge < -0.3 is 19.3 Å². The minimum absolute atomic E-state index is 0.0754. The standard InChI is InChI=1S/C31H42O5/c1-19-8-7-9-22(4)27-17-29(32)23(5)15-28(27)30(33)34-26-16-25(11-10-20(2)14-19)36-31(18-26)13-12-21(3)24(6)35-31/h7-10,15,17,19,21,24-26,32H,11-14,16,18H2,1-6H3/b8-7+,20-10+,22-9+. The Kier molecular flexibility index (Phi) is 8.11. The molecule has 1 aromatic carbocycles. The Balaban J connectivity index is 1.72. The molecule has 1 aromatic rings. The van der Waals surface area contributed by atoms with Crippen LogP contribution in [-0.4, -0.2) is 35.2 Å². The molecule has 196 valence electrons. The minimum atomic E-state index is -0.716. The van der Waals surface area contributed by atoms with E-state index in [1.165, 1.54) is 5.57 Å². The van der Waals surface area contributed by atoms with Gasteiger partial charge in [0.2, 0.25) is 0 Å². The van der Waals surface area contributed by atoms with E-state index in [1.54, 1.807) is 19.1 Å². The summed E-state index contributed by atoms with van der Waals surface area (Å²) in [5.74, 6) is -0.0581. The number of allylic oxidation sites excluding steroid dienone is 5. The molecule has 3 aliphatic rings. The lowest BCUT2D eigenvalue weighted by molar-refractivity contribution is -0.331. The van der Waals surface area contributed by atoms with Gasteiger partial charge in [0.25, 0.3) is 0 Å². The van der Waals surface area contributed by atoms with Crippen molar-refractivity contribution in [3.8, 4) is 5.75 Å². The molecule has 2 fully saturated rings. The van der Waals surface area contributed by atoms with Gasteiger partial charge in [-0.25, -0.2) is 4.79 Å². The second-order valence-corrected chi connectivity index (χ2v) is 11.3. The van der Waals surface area contributed by atoms with Crippen molar-refractivity contribution in [1.29, 1.82) is 0 Å². The summed E-state index contributed by atoms with van der Waals surface area (Å²) in [5.41, 5.74) is 4.05. The Bertz CT molecular complexity index is 1070. The SMILES string of the molecule is C/C1=C\CC2CC(CC3(CCC(C)C(C)O3)O2)OC(=O)c2cc(C)c(O)cc2/C(C)=C/C=C/C(C)C1. The third-order valence-corrected chi connectivity index (χ3v) is 8.04. The van der Waals surface area contributed by atoms with Crippen molar-refractivity contribution >= 4 is 11.5 Å². The van der Waals surface area contributed by atoms with E-state index in [1.807, 2.05) is 19.1 Å². The van der Waals surface area contributed by atoms with Crippen LogP contribution in [-0.2, 0) is 14.2 Å². The van der Waals surface area contributed by atoms with Crippen molar-refractivity contribution in [2.45, 2.75) is 104 Å². The van der Waals surface area contributed by atoms with E-state index in [4.69, 9.17) is 14.2 Å². The molecule has 0 aromatic heterocycles. The lowest BCUT2D eigenvalue weighted by Crippen LogP contribution is -2.53. The maximum absolute atomic E-state index is 13.6. The molecule has 6 atom stereocenters. The third-order valence-electron chi connectivity index (χ3n) is 8.04. The predicted molar refractivity (Wildman–Crippen MR) is 143 cm³/mol. The first-order chi connectivity index (χ1) is 17.0. The van der Waals surface area contributed by atoms with Crippen LogP contribution in [0.15, 0.2) is 42.0 Å². The fourth-order valence-electron chi connectivity index (χ4n) is 5.67. The Hall–Kier alpha value is -2.37. The van der Waals surface area contributed by atoms with Gasteiger partial charge in [-0.15, -0.1) is 0 Å². The zero-order chi connectivity index (χ0) is 26.0. The van der Waals surface area contributed by atoms with Gasteiger partial charge >= 0.3 is 5.97 Å². The number of fused-ring (bicyclic) bond motifs is 3. The van der Waals surface area contributed by atoms with Crippen LogP contribution in [0.5, 0.6) is 5.75 Å². The number of benzene rings is 1. The Morgan fingerprint density at radius 2 is 1.81 bits per heavy atom.